The molecule has 0 aromatic carbocycles. The molecule has 0 aliphatic heterocycles. The fourth-order valence-corrected chi connectivity index (χ4v) is 3.92. The minimum atomic E-state index is -0.443. The summed E-state index contributed by atoms with van der Waals surface area (Å²) in [6.45, 7) is 6.14. The number of carbonyl (C=O) groups is 1. The summed E-state index contributed by atoms with van der Waals surface area (Å²) < 4.78 is 10.6. The van der Waals surface area contributed by atoms with Gasteiger partial charge >= 0.3 is 5.97 Å². The highest BCUT2D eigenvalue weighted by molar-refractivity contribution is 5.72. The summed E-state index contributed by atoms with van der Waals surface area (Å²) in [6, 6.07) is 0. The molecule has 0 heterocycles. The van der Waals surface area contributed by atoms with Crippen LogP contribution in [0.4, 0.5) is 0 Å². The van der Waals surface area contributed by atoms with Gasteiger partial charge in [0.2, 0.25) is 0 Å². The predicted molar refractivity (Wildman–Crippen MR) is 130 cm³/mol. The highest BCUT2D eigenvalue weighted by atomic mass is 16.7. The Kier molecular flexibility index (Phi) is 22.2. The normalized spacial score (nSPS) is 13.6. The Bertz CT molecular complexity index is 392. The van der Waals surface area contributed by atoms with E-state index in [1.807, 2.05) is 0 Å². The van der Waals surface area contributed by atoms with Crippen LogP contribution in [0.3, 0.4) is 0 Å². The lowest BCUT2D eigenvalue weighted by atomic mass is 9.94. The zero-order chi connectivity index (χ0) is 22.3. The molecule has 3 heteroatoms. The zero-order valence-corrected chi connectivity index (χ0v) is 20.8. The first-order chi connectivity index (χ1) is 14.7. The van der Waals surface area contributed by atoms with Crippen molar-refractivity contribution in [3.05, 3.63) is 12.2 Å². The SMILES string of the molecule is C/C=C/CCCCCCCCCC(CCCCCCCCCC)C(=O)OC(C)OC. The van der Waals surface area contributed by atoms with E-state index >= 15 is 0 Å². The summed E-state index contributed by atoms with van der Waals surface area (Å²) in [4.78, 5) is 12.5. The first-order valence-electron chi connectivity index (χ1n) is 13.0. The highest BCUT2D eigenvalue weighted by Gasteiger charge is 2.21. The van der Waals surface area contributed by atoms with Crippen LogP contribution in [0.5, 0.6) is 0 Å². The molecule has 0 aromatic heterocycles. The van der Waals surface area contributed by atoms with Crippen molar-refractivity contribution in [1.82, 2.24) is 0 Å². The molecule has 0 aliphatic rings. The number of ether oxygens (including phenoxy) is 2. The second-order valence-electron chi connectivity index (χ2n) is 8.82. The molecule has 2 unspecified atom stereocenters. The molecule has 0 amide bonds. The molecule has 0 saturated heterocycles. The molecule has 0 rings (SSSR count). The third-order valence-electron chi connectivity index (χ3n) is 6.01. The van der Waals surface area contributed by atoms with E-state index in [1.54, 1.807) is 14.0 Å². The Morgan fingerprint density at radius 2 is 1.23 bits per heavy atom. The van der Waals surface area contributed by atoms with Gasteiger partial charge in [0.05, 0.1) is 5.92 Å². The van der Waals surface area contributed by atoms with Gasteiger partial charge in [-0.1, -0.05) is 109 Å². The Morgan fingerprint density at radius 3 is 1.70 bits per heavy atom. The van der Waals surface area contributed by atoms with Crippen LogP contribution in [0.15, 0.2) is 12.2 Å². The molecule has 2 atom stereocenters. The molecular weight excluding hydrogens is 372 g/mol. The van der Waals surface area contributed by atoms with Gasteiger partial charge in [0, 0.05) is 7.11 Å². The van der Waals surface area contributed by atoms with Crippen LogP contribution < -0.4 is 0 Å². The van der Waals surface area contributed by atoms with Crippen LogP contribution in [-0.4, -0.2) is 19.4 Å². The quantitative estimate of drug-likeness (QED) is 0.0754. The maximum atomic E-state index is 12.5. The number of allylic oxidation sites excluding steroid dienone is 2. The second-order valence-corrected chi connectivity index (χ2v) is 8.82. The Balaban J connectivity index is 3.97. The fraction of sp³-hybridized carbons (Fsp3) is 0.889. The summed E-state index contributed by atoms with van der Waals surface area (Å²) in [5.74, 6) is -0.0141. The second kappa shape index (κ2) is 22.8. The molecule has 3 nitrogen and oxygen atoms in total. The van der Waals surface area contributed by atoms with Gasteiger partial charge < -0.3 is 9.47 Å². The van der Waals surface area contributed by atoms with E-state index in [0.717, 1.165) is 25.7 Å². The monoisotopic (exact) mass is 424 g/mol. The van der Waals surface area contributed by atoms with Gasteiger partial charge in [-0.25, -0.2) is 0 Å². The van der Waals surface area contributed by atoms with Crippen LogP contribution in [0.1, 0.15) is 136 Å². The first kappa shape index (κ1) is 29.2. The molecule has 178 valence electrons. The van der Waals surface area contributed by atoms with Gasteiger partial charge in [0.25, 0.3) is 0 Å². The van der Waals surface area contributed by atoms with Gasteiger partial charge in [-0.2, -0.15) is 0 Å². The lowest BCUT2D eigenvalue weighted by Gasteiger charge is -2.19. The van der Waals surface area contributed by atoms with Crippen molar-refractivity contribution in [2.75, 3.05) is 7.11 Å². The zero-order valence-electron chi connectivity index (χ0n) is 20.8. The van der Waals surface area contributed by atoms with Crippen molar-refractivity contribution in [2.45, 2.75) is 143 Å². The number of hydrogen-bond donors (Lipinski definition) is 0. The lowest BCUT2D eigenvalue weighted by Crippen LogP contribution is -2.24. The van der Waals surface area contributed by atoms with Crippen LogP contribution >= 0.6 is 0 Å². The molecule has 0 aromatic rings. The topological polar surface area (TPSA) is 35.5 Å². The molecule has 0 radical (unpaired) electrons. The minimum Gasteiger partial charge on any atom is -0.436 e. The summed E-state index contributed by atoms with van der Waals surface area (Å²) in [5, 5.41) is 0. The van der Waals surface area contributed by atoms with Crippen molar-refractivity contribution in [3.8, 4) is 0 Å². The Morgan fingerprint density at radius 1 is 0.767 bits per heavy atom. The number of esters is 1. The number of hydrogen-bond acceptors (Lipinski definition) is 3. The predicted octanol–water partition coefficient (Wildman–Crippen LogP) is 8.76. The largest absolute Gasteiger partial charge is 0.436 e. The minimum absolute atomic E-state index is 0.0449. The third-order valence-corrected chi connectivity index (χ3v) is 6.01. The van der Waals surface area contributed by atoms with Gasteiger partial charge in [0.15, 0.2) is 6.29 Å². The number of unbranched alkanes of at least 4 members (excludes halogenated alkanes) is 14. The van der Waals surface area contributed by atoms with Crippen molar-refractivity contribution in [1.29, 1.82) is 0 Å². The van der Waals surface area contributed by atoms with E-state index < -0.39 is 6.29 Å². The van der Waals surface area contributed by atoms with E-state index in [2.05, 4.69) is 26.0 Å². The fourth-order valence-electron chi connectivity index (χ4n) is 3.92. The molecule has 0 fully saturated rings. The summed E-state index contributed by atoms with van der Waals surface area (Å²) in [7, 11) is 1.59. The summed E-state index contributed by atoms with van der Waals surface area (Å²) in [5.41, 5.74) is 0. The van der Waals surface area contributed by atoms with E-state index in [4.69, 9.17) is 9.47 Å². The van der Waals surface area contributed by atoms with E-state index in [-0.39, 0.29) is 11.9 Å². The van der Waals surface area contributed by atoms with Crippen LogP contribution in [0.25, 0.3) is 0 Å². The standard InChI is InChI=1S/C27H52O3/c1-5-7-9-11-13-15-16-18-20-22-24-26(27(28)30-25(3)29-4)23-21-19-17-14-12-10-8-6-2/h5,7,25-26H,6,8-24H2,1-4H3/b7-5+. The Labute approximate surface area is 188 Å². The van der Waals surface area contributed by atoms with Crippen LogP contribution in [-0.2, 0) is 14.3 Å². The van der Waals surface area contributed by atoms with Gasteiger partial charge in [0.1, 0.15) is 0 Å². The average Bonchev–Trinajstić information content (AvgIpc) is 2.75. The molecular formula is C27H52O3. The lowest BCUT2D eigenvalue weighted by molar-refractivity contribution is -0.175. The van der Waals surface area contributed by atoms with Crippen molar-refractivity contribution in [2.24, 2.45) is 5.92 Å². The first-order valence-corrected chi connectivity index (χ1v) is 13.0. The van der Waals surface area contributed by atoms with E-state index in [0.29, 0.717) is 0 Å². The van der Waals surface area contributed by atoms with E-state index in [1.165, 1.54) is 89.9 Å². The molecule has 0 N–H and O–H groups in total. The maximum absolute atomic E-state index is 12.5. The Hall–Kier alpha value is -0.830. The number of methoxy groups -OCH3 is 1. The van der Waals surface area contributed by atoms with Crippen molar-refractivity contribution >= 4 is 5.97 Å². The van der Waals surface area contributed by atoms with Crippen molar-refractivity contribution in [3.63, 3.8) is 0 Å². The van der Waals surface area contributed by atoms with Gasteiger partial charge in [-0.05, 0) is 39.5 Å². The summed E-state index contributed by atoms with van der Waals surface area (Å²) >= 11 is 0. The maximum Gasteiger partial charge on any atom is 0.311 e. The number of rotatable bonds is 22. The average molecular weight is 425 g/mol. The molecule has 0 bridgehead atoms. The van der Waals surface area contributed by atoms with Crippen LogP contribution in [0.2, 0.25) is 0 Å². The van der Waals surface area contributed by atoms with Gasteiger partial charge in [-0.15, -0.1) is 0 Å². The van der Waals surface area contributed by atoms with Gasteiger partial charge in [-0.3, -0.25) is 4.79 Å². The summed E-state index contributed by atoms with van der Waals surface area (Å²) in [6.07, 6.45) is 26.5. The smallest absolute Gasteiger partial charge is 0.311 e. The van der Waals surface area contributed by atoms with E-state index in [9.17, 15) is 4.79 Å². The van der Waals surface area contributed by atoms with Crippen LogP contribution in [0, 0.1) is 5.92 Å². The molecule has 30 heavy (non-hydrogen) atoms. The van der Waals surface area contributed by atoms with Crippen molar-refractivity contribution < 1.29 is 14.3 Å². The molecule has 0 aliphatic carbocycles. The number of carbonyl (C=O) groups excluding carboxylic acids is 1. The molecule has 0 spiro atoms. The highest BCUT2D eigenvalue weighted by Crippen LogP contribution is 2.21. The molecule has 0 saturated carbocycles. The third kappa shape index (κ3) is 19.2.